The van der Waals surface area contributed by atoms with E-state index in [-0.39, 0.29) is 0 Å². The van der Waals surface area contributed by atoms with E-state index in [0.29, 0.717) is 6.79 Å². The van der Waals surface area contributed by atoms with Gasteiger partial charge in [-0.1, -0.05) is 24.6 Å². The van der Waals surface area contributed by atoms with Crippen molar-refractivity contribution in [1.82, 2.24) is 9.88 Å². The molecular weight excluding hydrogens is 340 g/mol. The lowest BCUT2D eigenvalue weighted by molar-refractivity contribution is 0.168. The number of methoxy groups -OCH3 is 1. The van der Waals surface area contributed by atoms with Crippen LogP contribution < -0.4 is 14.2 Å². The number of rotatable bonds is 7. The topological polar surface area (TPSA) is 43.8 Å². The highest BCUT2D eigenvalue weighted by atomic mass is 16.7. The van der Waals surface area contributed by atoms with Gasteiger partial charge in [0.15, 0.2) is 11.5 Å². The highest BCUT2D eigenvalue weighted by Crippen LogP contribution is 2.36. The summed E-state index contributed by atoms with van der Waals surface area (Å²) in [5, 5.41) is 0. The van der Waals surface area contributed by atoms with Crippen molar-refractivity contribution < 1.29 is 14.2 Å². The number of piperidine rings is 1. The largest absolute Gasteiger partial charge is 0.481 e. The maximum absolute atomic E-state index is 5.62. The van der Waals surface area contributed by atoms with Gasteiger partial charge in [0.2, 0.25) is 12.7 Å². The average Bonchev–Trinajstić information content (AvgIpc) is 3.19. The van der Waals surface area contributed by atoms with Crippen LogP contribution in [0.3, 0.4) is 0 Å². The lowest BCUT2D eigenvalue weighted by atomic mass is 9.90. The number of nitrogens with zero attached hydrogens (tertiary/aromatic N) is 2. The van der Waals surface area contributed by atoms with E-state index >= 15 is 0 Å². The molecule has 0 radical (unpaired) electrons. The van der Waals surface area contributed by atoms with Crippen molar-refractivity contribution in [2.24, 2.45) is 5.92 Å². The molecule has 0 spiro atoms. The molecule has 2 aliphatic rings. The van der Waals surface area contributed by atoms with Gasteiger partial charge in [0, 0.05) is 18.3 Å². The van der Waals surface area contributed by atoms with E-state index < -0.39 is 0 Å². The summed E-state index contributed by atoms with van der Waals surface area (Å²) in [6.07, 6.45) is 7.90. The first-order valence-corrected chi connectivity index (χ1v) is 9.91. The molecule has 1 saturated heterocycles. The van der Waals surface area contributed by atoms with Crippen LogP contribution in [-0.2, 0) is 13.0 Å². The molecule has 0 saturated carbocycles. The Balaban J connectivity index is 1.22. The van der Waals surface area contributed by atoms with Gasteiger partial charge < -0.3 is 14.2 Å². The van der Waals surface area contributed by atoms with Gasteiger partial charge in [-0.05, 0) is 62.4 Å². The number of aromatic nitrogens is 1. The number of para-hydroxylation sites is 1. The minimum absolute atomic E-state index is 0.354. The summed E-state index contributed by atoms with van der Waals surface area (Å²) < 4.78 is 16.5. The zero-order valence-electron chi connectivity index (χ0n) is 16.0. The van der Waals surface area contributed by atoms with Crippen LogP contribution in [0.4, 0.5) is 0 Å². The normalized spacial score (nSPS) is 17.2. The second-order valence-corrected chi connectivity index (χ2v) is 7.43. The first kappa shape index (κ1) is 18.1. The Bertz CT molecular complexity index is 757. The Morgan fingerprint density at radius 3 is 2.81 bits per heavy atom. The van der Waals surface area contributed by atoms with Crippen molar-refractivity contribution in [3.63, 3.8) is 0 Å². The summed E-state index contributed by atoms with van der Waals surface area (Å²) >= 11 is 0. The Hall–Kier alpha value is -2.27. The van der Waals surface area contributed by atoms with Gasteiger partial charge >= 0.3 is 0 Å². The monoisotopic (exact) mass is 368 g/mol. The van der Waals surface area contributed by atoms with E-state index in [4.69, 9.17) is 14.2 Å². The predicted molar refractivity (Wildman–Crippen MR) is 104 cm³/mol. The molecule has 0 atom stereocenters. The lowest BCUT2D eigenvalue weighted by Gasteiger charge is -2.32. The van der Waals surface area contributed by atoms with Crippen LogP contribution in [0, 0.1) is 5.92 Å². The molecule has 0 N–H and O–H groups in total. The molecule has 5 nitrogen and oxygen atoms in total. The quantitative estimate of drug-likeness (QED) is 0.738. The molecule has 1 aromatic carbocycles. The molecule has 5 heteroatoms. The van der Waals surface area contributed by atoms with Gasteiger partial charge in [0.1, 0.15) is 0 Å². The molecule has 27 heavy (non-hydrogen) atoms. The fourth-order valence-corrected chi connectivity index (χ4v) is 4.17. The van der Waals surface area contributed by atoms with Crippen LogP contribution in [0.2, 0.25) is 0 Å². The number of hydrogen-bond acceptors (Lipinski definition) is 5. The number of aryl methyl sites for hydroxylation is 1. The van der Waals surface area contributed by atoms with E-state index in [9.17, 15) is 0 Å². The highest BCUT2D eigenvalue weighted by molar-refractivity contribution is 5.48. The zero-order valence-corrected chi connectivity index (χ0v) is 16.0. The second kappa shape index (κ2) is 8.61. The molecule has 2 aliphatic heterocycles. The molecule has 3 heterocycles. The van der Waals surface area contributed by atoms with Crippen LogP contribution in [0.5, 0.6) is 17.4 Å². The molecule has 0 amide bonds. The maximum Gasteiger partial charge on any atom is 0.231 e. The molecular formula is C22H28N2O3. The van der Waals surface area contributed by atoms with E-state index in [1.165, 1.54) is 36.8 Å². The molecule has 144 valence electrons. The summed E-state index contributed by atoms with van der Waals surface area (Å²) in [6, 6.07) is 10.3. The van der Waals surface area contributed by atoms with Gasteiger partial charge in [-0.25, -0.2) is 4.98 Å². The van der Waals surface area contributed by atoms with Crippen molar-refractivity contribution >= 4 is 0 Å². The van der Waals surface area contributed by atoms with Crippen LogP contribution in [0.15, 0.2) is 36.5 Å². The number of likely N-dealkylation sites (tertiary alicyclic amines) is 1. The first-order chi connectivity index (χ1) is 13.3. The third-order valence-electron chi connectivity index (χ3n) is 5.68. The van der Waals surface area contributed by atoms with Gasteiger partial charge in [-0.3, -0.25) is 4.90 Å². The molecule has 4 rings (SSSR count). The zero-order chi connectivity index (χ0) is 18.5. The number of ether oxygens (including phenoxy) is 3. The molecule has 0 bridgehead atoms. The maximum atomic E-state index is 5.62. The number of hydrogen-bond donors (Lipinski definition) is 0. The standard InChI is InChI=1S/C22H28N2O3/c1-25-22-19(8-4-12-23-22)15-24-13-10-17(11-14-24)5-2-6-18-7-3-9-20-21(18)27-16-26-20/h3-4,7-9,12,17H,2,5-6,10-11,13-16H2,1H3. The Kier molecular flexibility index (Phi) is 5.78. The fraction of sp³-hybridized carbons (Fsp3) is 0.500. The smallest absolute Gasteiger partial charge is 0.231 e. The molecule has 1 aromatic heterocycles. The average molecular weight is 368 g/mol. The summed E-state index contributed by atoms with van der Waals surface area (Å²) in [5.41, 5.74) is 2.46. The van der Waals surface area contributed by atoms with Crippen molar-refractivity contribution in [3.05, 3.63) is 47.7 Å². The second-order valence-electron chi connectivity index (χ2n) is 7.43. The minimum Gasteiger partial charge on any atom is -0.481 e. The third kappa shape index (κ3) is 4.35. The van der Waals surface area contributed by atoms with Gasteiger partial charge in [-0.2, -0.15) is 0 Å². The summed E-state index contributed by atoms with van der Waals surface area (Å²) in [6.45, 7) is 3.59. The number of benzene rings is 1. The van der Waals surface area contributed by atoms with Crippen LogP contribution in [-0.4, -0.2) is 36.9 Å². The van der Waals surface area contributed by atoms with E-state index in [1.54, 1.807) is 13.3 Å². The fourth-order valence-electron chi connectivity index (χ4n) is 4.17. The van der Waals surface area contributed by atoms with E-state index in [1.807, 2.05) is 12.1 Å². The lowest BCUT2D eigenvalue weighted by Crippen LogP contribution is -2.33. The SMILES string of the molecule is COc1ncccc1CN1CCC(CCCc2cccc3c2OCO3)CC1. The number of pyridine rings is 1. The van der Waals surface area contributed by atoms with Crippen molar-refractivity contribution in [2.75, 3.05) is 27.0 Å². The van der Waals surface area contributed by atoms with Crippen LogP contribution in [0.1, 0.15) is 36.8 Å². The Labute approximate surface area is 161 Å². The molecule has 1 fully saturated rings. The van der Waals surface area contributed by atoms with Crippen molar-refractivity contribution in [2.45, 2.75) is 38.6 Å². The molecule has 0 aliphatic carbocycles. The van der Waals surface area contributed by atoms with E-state index in [0.717, 1.165) is 49.4 Å². The summed E-state index contributed by atoms with van der Waals surface area (Å²) in [7, 11) is 1.69. The Morgan fingerprint density at radius 1 is 1.11 bits per heavy atom. The van der Waals surface area contributed by atoms with Gasteiger partial charge in [0.25, 0.3) is 0 Å². The van der Waals surface area contributed by atoms with Crippen molar-refractivity contribution in [3.8, 4) is 17.4 Å². The Morgan fingerprint density at radius 2 is 1.96 bits per heavy atom. The highest BCUT2D eigenvalue weighted by Gasteiger charge is 2.21. The summed E-state index contributed by atoms with van der Waals surface area (Å²) in [5.74, 6) is 3.43. The molecule has 0 unspecified atom stereocenters. The van der Waals surface area contributed by atoms with Gasteiger partial charge in [-0.15, -0.1) is 0 Å². The minimum atomic E-state index is 0.354. The van der Waals surface area contributed by atoms with Crippen LogP contribution >= 0.6 is 0 Å². The molecule has 2 aromatic rings. The predicted octanol–water partition coefficient (Wildman–Crippen LogP) is 4.05. The van der Waals surface area contributed by atoms with Crippen LogP contribution in [0.25, 0.3) is 0 Å². The van der Waals surface area contributed by atoms with E-state index in [2.05, 4.69) is 28.1 Å². The van der Waals surface area contributed by atoms with Gasteiger partial charge in [0.05, 0.1) is 7.11 Å². The first-order valence-electron chi connectivity index (χ1n) is 9.91. The third-order valence-corrected chi connectivity index (χ3v) is 5.68. The summed E-state index contributed by atoms with van der Waals surface area (Å²) in [4.78, 5) is 6.82. The number of fused-ring (bicyclic) bond motifs is 1. The van der Waals surface area contributed by atoms with Crippen molar-refractivity contribution in [1.29, 1.82) is 0 Å².